The van der Waals surface area contributed by atoms with Crippen LogP contribution in [0.25, 0.3) is 0 Å². The van der Waals surface area contributed by atoms with E-state index in [0.717, 1.165) is 43.6 Å². The Labute approximate surface area is 143 Å². The molecule has 24 heavy (non-hydrogen) atoms. The van der Waals surface area contributed by atoms with Gasteiger partial charge in [0.2, 0.25) is 11.8 Å². The van der Waals surface area contributed by atoms with E-state index in [-0.39, 0.29) is 23.9 Å². The van der Waals surface area contributed by atoms with E-state index in [1.807, 2.05) is 30.5 Å². The zero-order valence-corrected chi connectivity index (χ0v) is 15.2. The van der Waals surface area contributed by atoms with Crippen molar-refractivity contribution >= 4 is 11.8 Å². The molecule has 3 rings (SSSR count). The van der Waals surface area contributed by atoms with Gasteiger partial charge in [-0.3, -0.25) is 14.3 Å². The minimum absolute atomic E-state index is 0.0791. The molecule has 6 nitrogen and oxygen atoms in total. The van der Waals surface area contributed by atoms with Gasteiger partial charge in [-0.2, -0.15) is 5.10 Å². The van der Waals surface area contributed by atoms with Gasteiger partial charge in [0.15, 0.2) is 0 Å². The average Bonchev–Trinajstić information content (AvgIpc) is 3.11. The fourth-order valence-corrected chi connectivity index (χ4v) is 4.21. The highest BCUT2D eigenvalue weighted by atomic mass is 16.2. The number of amides is 2. The summed E-state index contributed by atoms with van der Waals surface area (Å²) in [4.78, 5) is 29.0. The predicted octanol–water partition coefficient (Wildman–Crippen LogP) is 2.10. The second kappa shape index (κ2) is 6.57. The predicted molar refractivity (Wildman–Crippen MR) is 91.4 cm³/mol. The Morgan fingerprint density at radius 2 is 1.96 bits per heavy atom. The number of nitrogens with zero attached hydrogens (tertiary/aromatic N) is 4. The highest BCUT2D eigenvalue weighted by Crippen LogP contribution is 2.36. The van der Waals surface area contributed by atoms with Gasteiger partial charge in [-0.15, -0.1) is 0 Å². The summed E-state index contributed by atoms with van der Waals surface area (Å²) in [6.07, 6.45) is 4.48. The molecule has 0 spiro atoms. The maximum Gasteiger partial charge on any atom is 0.245 e. The van der Waals surface area contributed by atoms with Gasteiger partial charge in [-0.05, 0) is 46.5 Å². The quantitative estimate of drug-likeness (QED) is 0.852. The Balaban J connectivity index is 1.82. The number of aromatic nitrogens is 2. The first-order valence-electron chi connectivity index (χ1n) is 9.02. The Morgan fingerprint density at radius 3 is 2.58 bits per heavy atom. The topological polar surface area (TPSA) is 58.4 Å². The second-order valence-corrected chi connectivity index (χ2v) is 7.12. The fourth-order valence-electron chi connectivity index (χ4n) is 4.21. The second-order valence-electron chi connectivity index (χ2n) is 7.12. The number of carbonyl (C=O) groups excluding carboxylic acids is 2. The number of likely N-dealkylation sites (tertiary alicyclic amines) is 2. The molecule has 132 valence electrons. The van der Waals surface area contributed by atoms with E-state index >= 15 is 0 Å². The van der Waals surface area contributed by atoms with Crippen molar-refractivity contribution in [3.8, 4) is 0 Å². The van der Waals surface area contributed by atoms with Crippen molar-refractivity contribution in [3.05, 3.63) is 17.0 Å². The van der Waals surface area contributed by atoms with Crippen LogP contribution in [0.4, 0.5) is 0 Å². The third kappa shape index (κ3) is 2.82. The van der Waals surface area contributed by atoms with Gasteiger partial charge >= 0.3 is 0 Å². The standard InChI is InChI=1S/C18H28N4O2/c1-12-17(13(2)20(4)19-12)15-8-7-11-22(15)18(24)14(3)21-10-6-5-9-16(21)23/h14-15H,5-11H2,1-4H3/t14-,15+/m1/s1. The Morgan fingerprint density at radius 1 is 1.21 bits per heavy atom. The highest BCUT2D eigenvalue weighted by Gasteiger charge is 2.38. The number of aryl methyl sites for hydroxylation is 2. The lowest BCUT2D eigenvalue weighted by Crippen LogP contribution is -2.50. The molecule has 6 heteroatoms. The third-order valence-corrected chi connectivity index (χ3v) is 5.62. The van der Waals surface area contributed by atoms with Crippen LogP contribution in [-0.2, 0) is 16.6 Å². The number of piperidine rings is 1. The summed E-state index contributed by atoms with van der Waals surface area (Å²) in [7, 11) is 1.95. The van der Waals surface area contributed by atoms with Crippen LogP contribution < -0.4 is 0 Å². The van der Waals surface area contributed by atoms with E-state index in [1.165, 1.54) is 5.56 Å². The molecule has 0 radical (unpaired) electrons. The summed E-state index contributed by atoms with van der Waals surface area (Å²) in [5.41, 5.74) is 3.31. The molecule has 0 bridgehead atoms. The minimum Gasteiger partial charge on any atom is -0.334 e. The van der Waals surface area contributed by atoms with Crippen molar-refractivity contribution in [2.75, 3.05) is 13.1 Å². The molecule has 1 aromatic heterocycles. The van der Waals surface area contributed by atoms with Crippen LogP contribution in [0, 0.1) is 13.8 Å². The lowest BCUT2D eigenvalue weighted by Gasteiger charge is -2.35. The summed E-state index contributed by atoms with van der Waals surface area (Å²) in [6, 6.07) is -0.274. The summed E-state index contributed by atoms with van der Waals surface area (Å²) in [5, 5.41) is 4.51. The first kappa shape index (κ1) is 17.0. The Hall–Kier alpha value is -1.85. The molecule has 2 fully saturated rings. The SMILES string of the molecule is Cc1nn(C)c(C)c1[C@@H]1CCCN1C(=O)[C@@H](C)N1CCCCC1=O. The molecule has 0 aliphatic carbocycles. The van der Waals surface area contributed by atoms with E-state index in [9.17, 15) is 9.59 Å². The number of rotatable bonds is 3. The van der Waals surface area contributed by atoms with Crippen LogP contribution >= 0.6 is 0 Å². The van der Waals surface area contributed by atoms with Crippen LogP contribution in [0.3, 0.4) is 0 Å². The van der Waals surface area contributed by atoms with E-state index in [1.54, 1.807) is 4.90 Å². The average molecular weight is 332 g/mol. The lowest BCUT2D eigenvalue weighted by molar-refractivity contribution is -0.147. The maximum atomic E-state index is 13.1. The highest BCUT2D eigenvalue weighted by molar-refractivity contribution is 5.88. The molecule has 0 unspecified atom stereocenters. The molecule has 0 N–H and O–H groups in total. The summed E-state index contributed by atoms with van der Waals surface area (Å²) in [6.45, 7) is 7.43. The fraction of sp³-hybridized carbons (Fsp3) is 0.722. The zero-order chi connectivity index (χ0) is 17.4. The lowest BCUT2D eigenvalue weighted by atomic mass is 10.0. The van der Waals surface area contributed by atoms with Gasteiger partial charge in [0.25, 0.3) is 0 Å². The molecule has 2 amide bonds. The smallest absolute Gasteiger partial charge is 0.245 e. The van der Waals surface area contributed by atoms with Crippen molar-refractivity contribution in [1.29, 1.82) is 0 Å². The molecule has 2 aliphatic rings. The third-order valence-electron chi connectivity index (χ3n) is 5.62. The molecule has 0 aromatic carbocycles. The van der Waals surface area contributed by atoms with Crippen LogP contribution in [0.2, 0.25) is 0 Å². The largest absolute Gasteiger partial charge is 0.334 e. The monoisotopic (exact) mass is 332 g/mol. The van der Waals surface area contributed by atoms with Crippen molar-refractivity contribution in [2.24, 2.45) is 7.05 Å². The van der Waals surface area contributed by atoms with E-state index in [0.29, 0.717) is 13.0 Å². The molecule has 2 saturated heterocycles. The van der Waals surface area contributed by atoms with Crippen molar-refractivity contribution < 1.29 is 9.59 Å². The molecular formula is C18H28N4O2. The van der Waals surface area contributed by atoms with Gasteiger partial charge in [0.1, 0.15) is 6.04 Å². The molecule has 3 heterocycles. The minimum atomic E-state index is -0.365. The van der Waals surface area contributed by atoms with E-state index in [4.69, 9.17) is 0 Å². The van der Waals surface area contributed by atoms with Crippen LogP contribution in [-0.4, -0.2) is 50.5 Å². The summed E-state index contributed by atoms with van der Waals surface area (Å²) >= 11 is 0. The van der Waals surface area contributed by atoms with Crippen molar-refractivity contribution in [2.45, 2.75) is 65.0 Å². The molecule has 1 aromatic rings. The van der Waals surface area contributed by atoms with Gasteiger partial charge in [-0.25, -0.2) is 0 Å². The normalized spacial score (nSPS) is 23.0. The van der Waals surface area contributed by atoms with Crippen molar-refractivity contribution in [1.82, 2.24) is 19.6 Å². The zero-order valence-electron chi connectivity index (χ0n) is 15.2. The first-order valence-corrected chi connectivity index (χ1v) is 9.02. The number of carbonyl (C=O) groups is 2. The maximum absolute atomic E-state index is 13.1. The van der Waals surface area contributed by atoms with Crippen molar-refractivity contribution in [3.63, 3.8) is 0 Å². The van der Waals surface area contributed by atoms with E-state index < -0.39 is 0 Å². The van der Waals surface area contributed by atoms with Gasteiger partial charge < -0.3 is 9.80 Å². The number of hydrogen-bond acceptors (Lipinski definition) is 3. The number of hydrogen-bond donors (Lipinski definition) is 0. The Kier molecular flexibility index (Phi) is 4.65. The molecule has 2 atom stereocenters. The van der Waals surface area contributed by atoms with Crippen LogP contribution in [0.1, 0.15) is 62.0 Å². The Bertz CT molecular complexity index is 652. The van der Waals surface area contributed by atoms with Gasteiger partial charge in [-0.1, -0.05) is 0 Å². The van der Waals surface area contributed by atoms with Gasteiger partial charge in [0.05, 0.1) is 11.7 Å². The molecule has 2 aliphatic heterocycles. The molecule has 0 saturated carbocycles. The summed E-state index contributed by atoms with van der Waals surface area (Å²) < 4.78 is 1.89. The van der Waals surface area contributed by atoms with E-state index in [2.05, 4.69) is 12.0 Å². The van der Waals surface area contributed by atoms with Crippen LogP contribution in [0.15, 0.2) is 0 Å². The van der Waals surface area contributed by atoms with Crippen LogP contribution in [0.5, 0.6) is 0 Å². The first-order chi connectivity index (χ1) is 11.4. The summed E-state index contributed by atoms with van der Waals surface area (Å²) in [5.74, 6) is 0.196. The van der Waals surface area contributed by atoms with Gasteiger partial charge in [0, 0.05) is 37.8 Å². The molecular weight excluding hydrogens is 304 g/mol.